The van der Waals surface area contributed by atoms with E-state index in [4.69, 9.17) is 14.3 Å². The van der Waals surface area contributed by atoms with Crippen LogP contribution in [0, 0.1) is 6.92 Å². The lowest BCUT2D eigenvalue weighted by Crippen LogP contribution is -2.40. The molecule has 2 aromatic rings. The Kier molecular flexibility index (Phi) is 5.66. The normalized spacial score (nSPS) is 14.2. The second-order valence-electron chi connectivity index (χ2n) is 6.23. The van der Waals surface area contributed by atoms with Crippen LogP contribution in [0.3, 0.4) is 0 Å². The van der Waals surface area contributed by atoms with Gasteiger partial charge >= 0.3 is 17.7 Å². The molecular formula is C15H19N5O7S2. The minimum absolute atomic E-state index is 0.00366. The molecule has 3 rings (SSSR count). The maximum atomic E-state index is 12.9. The molecule has 0 aromatic carbocycles. The number of nitrogens with zero attached hydrogens (tertiary/aromatic N) is 4. The summed E-state index contributed by atoms with van der Waals surface area (Å²) in [4.78, 5) is 29.9. The Morgan fingerprint density at radius 1 is 1.38 bits per heavy atom. The molecule has 1 amide bonds. The van der Waals surface area contributed by atoms with E-state index >= 15 is 0 Å². The number of hydrogen-bond donors (Lipinski definition) is 1. The van der Waals surface area contributed by atoms with Crippen LogP contribution in [0.2, 0.25) is 0 Å². The monoisotopic (exact) mass is 445 g/mol. The van der Waals surface area contributed by atoms with Gasteiger partial charge in [-0.15, -0.1) is 21.1 Å². The highest BCUT2D eigenvalue weighted by atomic mass is 32.2. The summed E-state index contributed by atoms with van der Waals surface area (Å²) in [6.45, 7) is 5.46. The van der Waals surface area contributed by atoms with Crippen molar-refractivity contribution in [2.75, 3.05) is 13.2 Å². The van der Waals surface area contributed by atoms with E-state index in [1.165, 1.54) is 12.4 Å². The Morgan fingerprint density at radius 3 is 2.72 bits per heavy atom. The lowest BCUT2D eigenvalue weighted by molar-refractivity contribution is 0.0654. The van der Waals surface area contributed by atoms with Gasteiger partial charge < -0.3 is 14.3 Å². The third-order valence-corrected chi connectivity index (χ3v) is 6.22. The van der Waals surface area contributed by atoms with Gasteiger partial charge in [0.15, 0.2) is 6.61 Å². The topological polar surface area (TPSA) is 143 Å². The first-order valence-corrected chi connectivity index (χ1v) is 10.8. The molecule has 0 atom stereocenters. The van der Waals surface area contributed by atoms with Crippen LogP contribution in [-0.2, 0) is 26.6 Å². The van der Waals surface area contributed by atoms with Gasteiger partial charge in [0.05, 0.1) is 11.7 Å². The van der Waals surface area contributed by atoms with Crippen molar-refractivity contribution in [1.29, 1.82) is 0 Å². The Bertz CT molecular complexity index is 1130. The maximum Gasteiger partial charge on any atom is 0.360 e. The highest BCUT2D eigenvalue weighted by Gasteiger charge is 2.31. The van der Waals surface area contributed by atoms with Gasteiger partial charge in [0, 0.05) is 17.3 Å². The first-order chi connectivity index (χ1) is 13.6. The third kappa shape index (κ3) is 4.12. The van der Waals surface area contributed by atoms with Crippen LogP contribution < -0.4 is 15.1 Å². The number of ether oxygens (including phenoxy) is 2. The molecule has 1 N–H and O–H groups in total. The van der Waals surface area contributed by atoms with E-state index in [1.807, 2.05) is 4.72 Å². The van der Waals surface area contributed by atoms with E-state index in [0.29, 0.717) is 9.56 Å². The number of amides is 1. The zero-order chi connectivity index (χ0) is 21.3. The molecule has 12 nitrogen and oxygen atoms in total. The number of oxime groups is 1. The lowest BCUT2D eigenvalue weighted by atomic mass is 10.3. The summed E-state index contributed by atoms with van der Waals surface area (Å²) in [5.41, 5.74) is -0.700. The zero-order valence-electron chi connectivity index (χ0n) is 16.0. The van der Waals surface area contributed by atoms with Crippen LogP contribution >= 0.6 is 11.3 Å². The van der Waals surface area contributed by atoms with Crippen molar-refractivity contribution in [3.8, 4) is 6.01 Å². The van der Waals surface area contributed by atoms with Crippen molar-refractivity contribution in [1.82, 2.24) is 19.1 Å². The molecule has 0 radical (unpaired) electrons. The first-order valence-electron chi connectivity index (χ1n) is 8.43. The second kappa shape index (κ2) is 7.87. The number of rotatable bonds is 5. The van der Waals surface area contributed by atoms with Crippen molar-refractivity contribution >= 4 is 33.3 Å². The molecular weight excluding hydrogens is 426 g/mol. The van der Waals surface area contributed by atoms with Crippen LogP contribution in [0.25, 0.3) is 0 Å². The van der Waals surface area contributed by atoms with E-state index < -0.39 is 21.7 Å². The molecule has 0 spiro atoms. The number of carbonyl (C=O) groups excluding carboxylic acids is 1. The number of carbonyl (C=O) groups is 1. The van der Waals surface area contributed by atoms with E-state index in [0.717, 1.165) is 15.9 Å². The summed E-state index contributed by atoms with van der Waals surface area (Å²) in [5.74, 6) is -0.00366. The molecule has 3 heterocycles. The molecule has 0 saturated carbocycles. The van der Waals surface area contributed by atoms with Crippen LogP contribution in [-0.4, -0.2) is 54.0 Å². The molecule has 1 aliphatic heterocycles. The highest BCUT2D eigenvalue weighted by molar-refractivity contribution is 7.90. The van der Waals surface area contributed by atoms with E-state index in [-0.39, 0.29) is 41.7 Å². The van der Waals surface area contributed by atoms with E-state index in [1.54, 1.807) is 20.8 Å². The summed E-state index contributed by atoms with van der Waals surface area (Å²) >= 11 is 1.14. The highest BCUT2D eigenvalue weighted by Crippen LogP contribution is 2.28. The van der Waals surface area contributed by atoms with Crippen molar-refractivity contribution in [3.63, 3.8) is 0 Å². The number of aryl methyl sites for hydroxylation is 1. The van der Waals surface area contributed by atoms with Crippen LogP contribution in [0.1, 0.15) is 24.3 Å². The third-order valence-electron chi connectivity index (χ3n) is 3.67. The second-order valence-corrected chi connectivity index (χ2v) is 8.93. The van der Waals surface area contributed by atoms with Crippen molar-refractivity contribution < 1.29 is 27.5 Å². The van der Waals surface area contributed by atoms with Crippen molar-refractivity contribution in [2.24, 2.45) is 12.2 Å². The fraction of sp³-hybridized carbons (Fsp3) is 0.467. The summed E-state index contributed by atoms with van der Waals surface area (Å²) in [7, 11) is -3.02. The summed E-state index contributed by atoms with van der Waals surface area (Å²) in [5, 5.41) is 9.00. The smallest absolute Gasteiger partial charge is 0.360 e. The number of sulfonamides is 1. The van der Waals surface area contributed by atoms with Gasteiger partial charge in [-0.3, -0.25) is 0 Å². The molecule has 14 heteroatoms. The Morgan fingerprint density at radius 2 is 2.10 bits per heavy atom. The minimum Gasteiger partial charge on any atom is -0.471 e. The fourth-order valence-corrected chi connectivity index (χ4v) is 4.94. The molecule has 0 bridgehead atoms. The molecule has 0 saturated heterocycles. The number of thiophene rings is 1. The van der Waals surface area contributed by atoms with Crippen LogP contribution in [0.4, 0.5) is 4.79 Å². The van der Waals surface area contributed by atoms with Crippen molar-refractivity contribution in [2.45, 2.75) is 31.8 Å². The largest absolute Gasteiger partial charge is 0.471 e. The molecule has 29 heavy (non-hydrogen) atoms. The fourth-order valence-electron chi connectivity index (χ4n) is 2.43. The summed E-state index contributed by atoms with van der Waals surface area (Å²) in [6, 6.07) is -1.37. The number of hydrogen-bond acceptors (Lipinski definition) is 10. The predicted molar refractivity (Wildman–Crippen MR) is 102 cm³/mol. The van der Waals surface area contributed by atoms with E-state index in [9.17, 15) is 18.0 Å². The maximum absolute atomic E-state index is 12.9. The van der Waals surface area contributed by atoms with Gasteiger partial charge in [-0.2, -0.15) is 0 Å². The van der Waals surface area contributed by atoms with Gasteiger partial charge in [-0.1, -0.05) is 0 Å². The predicted octanol–water partition coefficient (Wildman–Crippen LogP) is 0.394. The lowest BCUT2D eigenvalue weighted by Gasteiger charge is -2.14. The average Bonchev–Trinajstić information content (AvgIpc) is 3.17. The van der Waals surface area contributed by atoms with Gasteiger partial charge in [0.25, 0.3) is 15.9 Å². The number of aromatic nitrogens is 3. The molecule has 2 aromatic heterocycles. The quantitative estimate of drug-likeness (QED) is 0.696. The SMILES string of the molecule is Cc1scc(C2=NOCCO2)c1S(=O)(=O)NC(=O)n1nc(OC(C)C)n(C)c1=O. The van der Waals surface area contributed by atoms with Crippen molar-refractivity contribution in [3.05, 3.63) is 26.3 Å². The van der Waals surface area contributed by atoms with Crippen LogP contribution in [0.5, 0.6) is 6.01 Å². The van der Waals surface area contributed by atoms with Crippen LogP contribution in [0.15, 0.2) is 20.2 Å². The summed E-state index contributed by atoms with van der Waals surface area (Å²) < 4.78 is 39.7. The minimum atomic E-state index is -4.37. The van der Waals surface area contributed by atoms with Gasteiger partial charge in [-0.05, 0) is 25.9 Å². The molecule has 0 fully saturated rings. The van der Waals surface area contributed by atoms with Gasteiger partial charge in [0.1, 0.15) is 11.5 Å². The Balaban J connectivity index is 1.93. The molecule has 0 unspecified atom stereocenters. The van der Waals surface area contributed by atoms with Gasteiger partial charge in [0.2, 0.25) is 0 Å². The molecule has 1 aliphatic rings. The molecule has 158 valence electrons. The standard InChI is InChI=1S/C15H19N5O7S2/c1-8(2)27-14-16-20(15(22)19(14)4)13(21)18-29(23,24)11-9(3)28-7-10(11)12-17-26-6-5-25-12/h7-8H,5-6H2,1-4H3,(H,18,21). The molecule has 0 aliphatic carbocycles. The Labute approximate surface area is 169 Å². The first kappa shape index (κ1) is 20.9. The van der Waals surface area contributed by atoms with E-state index in [2.05, 4.69) is 10.3 Å². The van der Waals surface area contributed by atoms with Gasteiger partial charge in [-0.25, -0.2) is 27.3 Å². The summed E-state index contributed by atoms with van der Waals surface area (Å²) in [6.07, 6.45) is -0.301. The average molecular weight is 445 g/mol. The number of nitrogens with one attached hydrogen (secondary N) is 1. The Hall–Kier alpha value is -2.87. The zero-order valence-corrected chi connectivity index (χ0v) is 17.7.